The van der Waals surface area contributed by atoms with Crippen LogP contribution >= 0.6 is 0 Å². The molecule has 0 bridgehead atoms. The van der Waals surface area contributed by atoms with Crippen LogP contribution in [0.4, 0.5) is 0 Å². The van der Waals surface area contributed by atoms with Crippen LogP contribution in [0.15, 0.2) is 48.6 Å². The molecule has 0 rings (SSSR count). The number of unbranched alkanes of at least 4 members (excludes halogenated alkanes) is 18. The van der Waals surface area contributed by atoms with Gasteiger partial charge < -0.3 is 9.80 Å². The van der Waals surface area contributed by atoms with E-state index in [1.54, 1.807) is 0 Å². The molecule has 258 valence electrons. The third-order valence-corrected chi connectivity index (χ3v) is 9.00. The lowest BCUT2D eigenvalue weighted by atomic mass is 9.98. The fourth-order valence-electron chi connectivity index (χ4n) is 5.86. The van der Waals surface area contributed by atoms with E-state index < -0.39 is 0 Å². The van der Waals surface area contributed by atoms with Gasteiger partial charge in [-0.1, -0.05) is 152 Å². The van der Waals surface area contributed by atoms with E-state index in [2.05, 4.69) is 93.4 Å². The second kappa shape index (κ2) is 36.3. The molecule has 0 aromatic rings. The van der Waals surface area contributed by atoms with Gasteiger partial charge in [-0.05, 0) is 98.2 Å². The first-order chi connectivity index (χ1) is 21.6. The summed E-state index contributed by atoms with van der Waals surface area (Å²) in [5.74, 6) is 0. The van der Waals surface area contributed by atoms with E-state index in [0.29, 0.717) is 0 Å². The molecule has 0 radical (unpaired) electrons. The molecule has 0 aliphatic heterocycles. The normalized spacial score (nSPS) is 12.7. The number of rotatable bonds is 34. The van der Waals surface area contributed by atoms with Gasteiger partial charge in [0, 0.05) is 19.1 Å². The number of allylic oxidation sites excluding steroid dienone is 8. The van der Waals surface area contributed by atoms with Gasteiger partial charge >= 0.3 is 0 Å². The van der Waals surface area contributed by atoms with Crippen molar-refractivity contribution in [3.63, 3.8) is 0 Å². The quantitative estimate of drug-likeness (QED) is 0.0527. The van der Waals surface area contributed by atoms with E-state index >= 15 is 0 Å². The van der Waals surface area contributed by atoms with Crippen LogP contribution in [0.1, 0.15) is 181 Å². The summed E-state index contributed by atoms with van der Waals surface area (Å²) in [5, 5.41) is 0. The molecular formula is C42H80N2. The standard InChI is InChI=1S/C42H80N2/c1-6-8-10-12-14-16-18-20-22-24-26-28-30-32-34-36-38-42(44(5)41-40-43(3)4)39-37-35-33-31-29-27-25-23-21-19-17-15-13-11-9-7-2/h14-17,20-23,42H,6-13,18-19,24-41H2,1-5H3/b16-14-,17-15-,22-20-,23-21-. The van der Waals surface area contributed by atoms with E-state index in [1.165, 1.54) is 167 Å². The van der Waals surface area contributed by atoms with Gasteiger partial charge in [-0.15, -0.1) is 0 Å². The Bertz CT molecular complexity index is 611. The third-order valence-electron chi connectivity index (χ3n) is 9.00. The van der Waals surface area contributed by atoms with Crippen molar-refractivity contribution in [1.82, 2.24) is 9.80 Å². The predicted octanol–water partition coefficient (Wildman–Crippen LogP) is 13.3. The van der Waals surface area contributed by atoms with Gasteiger partial charge in [0.15, 0.2) is 0 Å². The number of nitrogens with zero attached hydrogens (tertiary/aromatic N) is 2. The molecule has 2 heteroatoms. The zero-order chi connectivity index (χ0) is 32.2. The lowest BCUT2D eigenvalue weighted by Crippen LogP contribution is -2.36. The molecule has 0 saturated heterocycles. The Labute approximate surface area is 278 Å². The van der Waals surface area contributed by atoms with Gasteiger partial charge in [0.25, 0.3) is 0 Å². The van der Waals surface area contributed by atoms with Crippen LogP contribution in [0.3, 0.4) is 0 Å². The van der Waals surface area contributed by atoms with Crippen LogP contribution in [0.2, 0.25) is 0 Å². The number of hydrogen-bond donors (Lipinski definition) is 0. The van der Waals surface area contributed by atoms with Crippen LogP contribution in [0.25, 0.3) is 0 Å². The maximum atomic E-state index is 2.67. The van der Waals surface area contributed by atoms with Crippen LogP contribution < -0.4 is 0 Å². The number of likely N-dealkylation sites (N-methyl/N-ethyl adjacent to an activating group) is 2. The molecule has 0 amide bonds. The monoisotopic (exact) mass is 613 g/mol. The molecule has 0 aliphatic carbocycles. The fraction of sp³-hybridized carbons (Fsp3) is 0.810. The van der Waals surface area contributed by atoms with Gasteiger partial charge in [0.2, 0.25) is 0 Å². The van der Waals surface area contributed by atoms with Crippen molar-refractivity contribution in [1.29, 1.82) is 0 Å². The molecule has 0 aromatic carbocycles. The maximum Gasteiger partial charge on any atom is 0.0109 e. The molecule has 2 nitrogen and oxygen atoms in total. The highest BCUT2D eigenvalue weighted by Crippen LogP contribution is 2.18. The van der Waals surface area contributed by atoms with Gasteiger partial charge in [-0.2, -0.15) is 0 Å². The average Bonchev–Trinajstić information content (AvgIpc) is 3.02. The highest BCUT2D eigenvalue weighted by molar-refractivity contribution is 4.93. The summed E-state index contributed by atoms with van der Waals surface area (Å²) >= 11 is 0. The summed E-state index contributed by atoms with van der Waals surface area (Å²) in [5.41, 5.74) is 0. The van der Waals surface area contributed by atoms with E-state index in [0.717, 1.165) is 18.9 Å². The summed E-state index contributed by atoms with van der Waals surface area (Å²) in [6.45, 7) is 6.91. The van der Waals surface area contributed by atoms with Crippen molar-refractivity contribution in [2.75, 3.05) is 34.2 Å². The maximum absolute atomic E-state index is 2.67. The van der Waals surface area contributed by atoms with Crippen molar-refractivity contribution in [2.45, 2.75) is 187 Å². The molecule has 0 aromatic heterocycles. The molecule has 0 spiro atoms. The SMILES string of the molecule is CCCCC/C=C\C/C=C\CCCCCCCCC(CCCCCCCC/C=C\C/C=C\CCCCC)N(C)CCN(C)C. The van der Waals surface area contributed by atoms with E-state index in [-0.39, 0.29) is 0 Å². The topological polar surface area (TPSA) is 6.48 Å². The fourth-order valence-corrected chi connectivity index (χ4v) is 5.86. The summed E-state index contributed by atoms with van der Waals surface area (Å²) in [4.78, 5) is 4.99. The average molecular weight is 613 g/mol. The van der Waals surface area contributed by atoms with Gasteiger partial charge in [-0.25, -0.2) is 0 Å². The Kier molecular flexibility index (Phi) is 35.4. The first-order valence-corrected chi connectivity index (χ1v) is 19.6. The lowest BCUT2D eigenvalue weighted by molar-refractivity contribution is 0.191. The summed E-state index contributed by atoms with van der Waals surface area (Å²) in [6.07, 6.45) is 53.9. The Morgan fingerprint density at radius 2 is 0.727 bits per heavy atom. The molecule has 0 aliphatic rings. The van der Waals surface area contributed by atoms with Crippen molar-refractivity contribution < 1.29 is 0 Å². The van der Waals surface area contributed by atoms with E-state index in [9.17, 15) is 0 Å². The Hall–Kier alpha value is -1.12. The van der Waals surface area contributed by atoms with Crippen LogP contribution in [0.5, 0.6) is 0 Å². The summed E-state index contributed by atoms with van der Waals surface area (Å²) < 4.78 is 0. The smallest absolute Gasteiger partial charge is 0.0109 e. The van der Waals surface area contributed by atoms with Crippen LogP contribution in [-0.2, 0) is 0 Å². The Balaban J connectivity index is 3.90. The largest absolute Gasteiger partial charge is 0.308 e. The number of hydrogen-bond acceptors (Lipinski definition) is 2. The molecule has 0 atom stereocenters. The lowest BCUT2D eigenvalue weighted by Gasteiger charge is -2.29. The molecule has 0 fully saturated rings. The van der Waals surface area contributed by atoms with Crippen LogP contribution in [0, 0.1) is 0 Å². The van der Waals surface area contributed by atoms with Crippen molar-refractivity contribution in [2.24, 2.45) is 0 Å². The highest BCUT2D eigenvalue weighted by atomic mass is 15.2. The second-order valence-corrected chi connectivity index (χ2v) is 13.7. The van der Waals surface area contributed by atoms with Crippen molar-refractivity contribution in [3.8, 4) is 0 Å². The third kappa shape index (κ3) is 33.8. The van der Waals surface area contributed by atoms with Gasteiger partial charge in [0.1, 0.15) is 0 Å². The molecular weight excluding hydrogens is 532 g/mol. The van der Waals surface area contributed by atoms with Crippen molar-refractivity contribution in [3.05, 3.63) is 48.6 Å². The highest BCUT2D eigenvalue weighted by Gasteiger charge is 2.14. The Morgan fingerprint density at radius 1 is 0.386 bits per heavy atom. The molecule has 0 heterocycles. The van der Waals surface area contributed by atoms with E-state index in [1.807, 2.05) is 0 Å². The zero-order valence-electron chi connectivity index (χ0n) is 30.9. The Morgan fingerprint density at radius 3 is 1.09 bits per heavy atom. The zero-order valence-corrected chi connectivity index (χ0v) is 30.9. The van der Waals surface area contributed by atoms with E-state index in [4.69, 9.17) is 0 Å². The van der Waals surface area contributed by atoms with Gasteiger partial charge in [0.05, 0.1) is 0 Å². The second-order valence-electron chi connectivity index (χ2n) is 13.7. The first kappa shape index (κ1) is 42.9. The predicted molar refractivity (Wildman–Crippen MR) is 203 cm³/mol. The van der Waals surface area contributed by atoms with Gasteiger partial charge in [-0.3, -0.25) is 0 Å². The molecule has 0 saturated carbocycles. The summed E-state index contributed by atoms with van der Waals surface area (Å²) in [7, 11) is 6.78. The first-order valence-electron chi connectivity index (χ1n) is 19.6. The minimum atomic E-state index is 0.770. The molecule has 0 unspecified atom stereocenters. The molecule has 44 heavy (non-hydrogen) atoms. The van der Waals surface area contributed by atoms with Crippen LogP contribution in [-0.4, -0.2) is 50.1 Å². The summed E-state index contributed by atoms with van der Waals surface area (Å²) in [6, 6.07) is 0.770. The minimum absolute atomic E-state index is 0.770. The van der Waals surface area contributed by atoms with Crippen molar-refractivity contribution >= 4 is 0 Å². The minimum Gasteiger partial charge on any atom is -0.308 e. The molecule has 0 N–H and O–H groups in total.